The van der Waals surface area contributed by atoms with Gasteiger partial charge in [-0.15, -0.1) is 0 Å². The Morgan fingerprint density at radius 3 is 2.94 bits per heavy atom. The number of hydrogen-bond acceptors (Lipinski definition) is 4. The fourth-order valence-corrected chi connectivity index (χ4v) is 1.55. The van der Waals surface area contributed by atoms with E-state index < -0.39 is 0 Å². The number of rotatable bonds is 3. The second-order valence-electron chi connectivity index (χ2n) is 3.82. The molecule has 0 fully saturated rings. The van der Waals surface area contributed by atoms with Crippen molar-refractivity contribution in [1.29, 1.82) is 0 Å². The summed E-state index contributed by atoms with van der Waals surface area (Å²) in [6.45, 7) is 2.06. The van der Waals surface area contributed by atoms with Gasteiger partial charge in [0.2, 0.25) is 5.89 Å². The van der Waals surface area contributed by atoms with Gasteiger partial charge in [-0.1, -0.05) is 0 Å². The maximum absolute atomic E-state index is 11.8. The number of nitrogens with one attached hydrogen (secondary N) is 1. The van der Waals surface area contributed by atoms with Crippen LogP contribution in [0.3, 0.4) is 0 Å². The molecule has 2 heterocycles. The van der Waals surface area contributed by atoms with E-state index in [4.69, 9.17) is 10.2 Å². The lowest BCUT2D eigenvalue weighted by Crippen LogP contribution is -2.24. The molecule has 2 aromatic heterocycles. The van der Waals surface area contributed by atoms with E-state index in [0.717, 1.165) is 5.76 Å². The third-order valence-electron chi connectivity index (χ3n) is 2.33. The van der Waals surface area contributed by atoms with E-state index in [1.807, 2.05) is 0 Å². The first-order valence-corrected chi connectivity index (χ1v) is 5.17. The lowest BCUT2D eigenvalue weighted by Gasteiger charge is -2.03. The second kappa shape index (κ2) is 4.32. The highest BCUT2D eigenvalue weighted by atomic mass is 16.4. The van der Waals surface area contributed by atoms with E-state index in [-0.39, 0.29) is 12.5 Å². The van der Waals surface area contributed by atoms with Crippen LogP contribution in [0.2, 0.25) is 0 Å². The number of nitrogen functional groups attached to an aromatic ring is 1. The molecule has 0 aliphatic carbocycles. The lowest BCUT2D eigenvalue weighted by molar-refractivity contribution is 0.0939. The zero-order valence-electron chi connectivity index (χ0n) is 9.73. The summed E-state index contributed by atoms with van der Waals surface area (Å²) >= 11 is 0. The number of hydrogen-bond donors (Lipinski definition) is 2. The highest BCUT2D eigenvalue weighted by Gasteiger charge is 2.11. The van der Waals surface area contributed by atoms with Gasteiger partial charge in [-0.3, -0.25) is 4.79 Å². The van der Waals surface area contributed by atoms with Crippen LogP contribution < -0.4 is 11.1 Å². The number of nitrogens with two attached hydrogens (primary N) is 1. The van der Waals surface area contributed by atoms with Crippen molar-refractivity contribution in [1.82, 2.24) is 14.9 Å². The maximum atomic E-state index is 11.8. The van der Waals surface area contributed by atoms with Gasteiger partial charge in [0.15, 0.2) is 0 Å². The quantitative estimate of drug-likeness (QED) is 0.823. The van der Waals surface area contributed by atoms with Crippen LogP contribution in [-0.4, -0.2) is 15.5 Å². The molecular formula is C11H14N4O2. The van der Waals surface area contributed by atoms with Crippen molar-refractivity contribution in [2.45, 2.75) is 13.5 Å². The Balaban J connectivity index is 2.00. The van der Waals surface area contributed by atoms with Gasteiger partial charge in [-0.05, 0) is 13.0 Å². The van der Waals surface area contributed by atoms with E-state index in [9.17, 15) is 4.79 Å². The minimum absolute atomic E-state index is 0.208. The van der Waals surface area contributed by atoms with Gasteiger partial charge in [0.1, 0.15) is 11.5 Å². The fourth-order valence-electron chi connectivity index (χ4n) is 1.55. The summed E-state index contributed by atoms with van der Waals surface area (Å²) in [5, 5.41) is 2.71. The molecule has 0 aromatic carbocycles. The number of amides is 1. The average Bonchev–Trinajstić information content (AvgIpc) is 2.81. The molecule has 0 bridgehead atoms. The monoisotopic (exact) mass is 234 g/mol. The molecule has 6 heteroatoms. The molecule has 0 atom stereocenters. The molecule has 0 saturated carbocycles. The minimum atomic E-state index is -0.208. The van der Waals surface area contributed by atoms with Gasteiger partial charge in [-0.25, -0.2) is 4.98 Å². The first-order chi connectivity index (χ1) is 8.06. The molecule has 0 radical (unpaired) electrons. The number of aryl methyl sites for hydroxylation is 2. The first-order valence-electron chi connectivity index (χ1n) is 5.17. The molecule has 0 aliphatic heterocycles. The highest BCUT2D eigenvalue weighted by molar-refractivity contribution is 5.93. The third kappa shape index (κ3) is 2.47. The van der Waals surface area contributed by atoms with Crippen molar-refractivity contribution in [2.75, 3.05) is 5.73 Å². The molecule has 0 unspecified atom stereocenters. The van der Waals surface area contributed by atoms with Crippen LogP contribution in [0.5, 0.6) is 0 Å². The van der Waals surface area contributed by atoms with Crippen LogP contribution >= 0.6 is 0 Å². The summed E-state index contributed by atoms with van der Waals surface area (Å²) in [5.41, 5.74) is 6.66. The zero-order valence-corrected chi connectivity index (χ0v) is 9.73. The smallest absolute Gasteiger partial charge is 0.268 e. The summed E-state index contributed by atoms with van der Waals surface area (Å²) in [4.78, 5) is 15.8. The van der Waals surface area contributed by atoms with E-state index >= 15 is 0 Å². The summed E-state index contributed by atoms with van der Waals surface area (Å²) in [5.74, 6) is 0.996. The molecule has 0 saturated heterocycles. The molecule has 0 aliphatic rings. The number of anilines is 1. The first kappa shape index (κ1) is 11.3. The van der Waals surface area contributed by atoms with E-state index in [0.29, 0.717) is 17.3 Å². The van der Waals surface area contributed by atoms with E-state index in [2.05, 4.69) is 10.3 Å². The van der Waals surface area contributed by atoms with E-state index in [1.54, 1.807) is 37.0 Å². The Morgan fingerprint density at radius 1 is 1.65 bits per heavy atom. The van der Waals surface area contributed by atoms with Crippen LogP contribution in [0.1, 0.15) is 22.1 Å². The molecule has 1 amide bonds. The van der Waals surface area contributed by atoms with Crippen molar-refractivity contribution in [3.8, 4) is 0 Å². The Morgan fingerprint density at radius 2 is 2.41 bits per heavy atom. The van der Waals surface area contributed by atoms with Crippen LogP contribution in [0.15, 0.2) is 22.9 Å². The summed E-state index contributed by atoms with van der Waals surface area (Å²) in [6, 6.07) is 1.62. The highest BCUT2D eigenvalue weighted by Crippen LogP contribution is 2.08. The third-order valence-corrected chi connectivity index (χ3v) is 2.33. The van der Waals surface area contributed by atoms with Crippen LogP contribution in [0.4, 0.5) is 5.69 Å². The summed E-state index contributed by atoms with van der Waals surface area (Å²) < 4.78 is 6.92. The van der Waals surface area contributed by atoms with Crippen LogP contribution in [-0.2, 0) is 13.6 Å². The number of carbonyl (C=O) groups is 1. The number of aromatic nitrogens is 2. The number of carbonyl (C=O) groups excluding carboxylic acids is 1. The average molecular weight is 234 g/mol. The molecule has 2 aromatic rings. The fraction of sp³-hybridized carbons (Fsp3) is 0.273. The Hall–Kier alpha value is -2.24. The molecule has 17 heavy (non-hydrogen) atoms. The number of nitrogens with zero attached hydrogens (tertiary/aromatic N) is 2. The topological polar surface area (TPSA) is 86.1 Å². The Bertz CT molecular complexity index is 541. The molecule has 90 valence electrons. The lowest BCUT2D eigenvalue weighted by atomic mass is 10.4. The molecular weight excluding hydrogens is 220 g/mol. The van der Waals surface area contributed by atoms with Gasteiger partial charge >= 0.3 is 0 Å². The van der Waals surface area contributed by atoms with Crippen molar-refractivity contribution in [2.24, 2.45) is 7.05 Å². The van der Waals surface area contributed by atoms with Crippen molar-refractivity contribution >= 4 is 11.6 Å². The summed E-state index contributed by atoms with van der Waals surface area (Å²) in [6.07, 6.45) is 3.30. The van der Waals surface area contributed by atoms with Crippen LogP contribution in [0.25, 0.3) is 0 Å². The van der Waals surface area contributed by atoms with Gasteiger partial charge < -0.3 is 20.0 Å². The SMILES string of the molecule is Cc1cnc(CNC(=O)c2cc(N)cn2C)o1. The van der Waals surface area contributed by atoms with Gasteiger partial charge in [-0.2, -0.15) is 0 Å². The van der Waals surface area contributed by atoms with Gasteiger partial charge in [0.05, 0.1) is 18.4 Å². The molecule has 2 rings (SSSR count). The molecule has 6 nitrogen and oxygen atoms in total. The van der Waals surface area contributed by atoms with Crippen molar-refractivity contribution < 1.29 is 9.21 Å². The predicted octanol–water partition coefficient (Wildman–Crippen LogP) is 0.834. The maximum Gasteiger partial charge on any atom is 0.268 e. The largest absolute Gasteiger partial charge is 0.444 e. The van der Waals surface area contributed by atoms with Crippen molar-refractivity contribution in [3.63, 3.8) is 0 Å². The minimum Gasteiger partial charge on any atom is -0.444 e. The Kier molecular flexibility index (Phi) is 2.86. The molecule has 0 spiro atoms. The van der Waals surface area contributed by atoms with Gasteiger partial charge in [0, 0.05) is 13.2 Å². The van der Waals surface area contributed by atoms with E-state index in [1.165, 1.54) is 0 Å². The van der Waals surface area contributed by atoms with Crippen LogP contribution in [0, 0.1) is 6.92 Å². The normalized spacial score (nSPS) is 10.5. The Labute approximate surface area is 98.4 Å². The predicted molar refractivity (Wildman–Crippen MR) is 62.2 cm³/mol. The zero-order chi connectivity index (χ0) is 12.4. The number of oxazole rings is 1. The van der Waals surface area contributed by atoms with Crippen molar-refractivity contribution in [3.05, 3.63) is 35.8 Å². The standard InChI is InChI=1S/C11H14N4O2/c1-7-4-13-10(17-7)5-14-11(16)9-3-8(12)6-15(9)2/h3-4,6H,5,12H2,1-2H3,(H,14,16). The summed E-state index contributed by atoms with van der Waals surface area (Å²) in [7, 11) is 1.76. The molecule has 3 N–H and O–H groups in total. The van der Waals surface area contributed by atoms with Gasteiger partial charge in [0.25, 0.3) is 5.91 Å². The second-order valence-corrected chi connectivity index (χ2v) is 3.82.